The van der Waals surface area contributed by atoms with E-state index >= 15 is 0 Å². The van der Waals surface area contributed by atoms with E-state index in [-0.39, 0.29) is 4.90 Å². The lowest BCUT2D eigenvalue weighted by Gasteiger charge is -2.08. The summed E-state index contributed by atoms with van der Waals surface area (Å²) in [5, 5.41) is 0. The van der Waals surface area contributed by atoms with Crippen LogP contribution >= 0.6 is 0 Å². The fraction of sp³-hybridized carbons (Fsp3) is 0.125. The van der Waals surface area contributed by atoms with Crippen molar-refractivity contribution in [3.05, 3.63) is 55.1 Å². The molecule has 3 aromatic rings. The molecular weight excluding hydrogens is 346 g/mol. The number of aromatic nitrogens is 3. The molecule has 0 saturated carbocycles. The zero-order valence-electron chi connectivity index (χ0n) is 13.1. The quantitative estimate of drug-likeness (QED) is 0.710. The minimum absolute atomic E-state index is 0.169. The van der Waals surface area contributed by atoms with Crippen molar-refractivity contribution in [3.8, 4) is 17.1 Å². The maximum atomic E-state index is 11.5. The molecule has 0 aliphatic rings. The smallest absolute Gasteiger partial charge is 0.177 e. The molecule has 0 fully saturated rings. The van der Waals surface area contributed by atoms with E-state index in [0.717, 1.165) is 22.4 Å². The number of imidazole rings is 1. The van der Waals surface area contributed by atoms with Crippen molar-refractivity contribution in [2.24, 2.45) is 0 Å². The summed E-state index contributed by atoms with van der Waals surface area (Å²) in [5.74, 6) is 0.568. The molecule has 0 aliphatic carbocycles. The monoisotopic (exact) mass is 361 g/mol. The van der Waals surface area contributed by atoms with Crippen LogP contribution in [0.1, 0.15) is 0 Å². The number of benzene rings is 1. The Bertz CT molecular complexity index is 992. The van der Waals surface area contributed by atoms with Gasteiger partial charge in [-0.3, -0.25) is 8.78 Å². The van der Waals surface area contributed by atoms with Gasteiger partial charge in [0, 0.05) is 40.0 Å². The van der Waals surface area contributed by atoms with E-state index in [1.807, 2.05) is 24.3 Å². The van der Waals surface area contributed by atoms with Crippen molar-refractivity contribution in [1.82, 2.24) is 14.5 Å². The lowest BCUT2D eigenvalue weighted by atomic mass is 10.2. The fourth-order valence-electron chi connectivity index (χ4n) is 2.24. The highest BCUT2D eigenvalue weighted by Crippen LogP contribution is 2.23. The first-order valence-corrected chi connectivity index (χ1v) is 10.4. The second kappa shape index (κ2) is 6.29. The molecule has 0 radical (unpaired) electrons. The van der Waals surface area contributed by atoms with E-state index in [1.54, 1.807) is 29.4 Å². The predicted molar refractivity (Wildman–Crippen MR) is 92.2 cm³/mol. The van der Waals surface area contributed by atoms with Crippen molar-refractivity contribution in [2.45, 2.75) is 9.79 Å². The van der Waals surface area contributed by atoms with Gasteiger partial charge >= 0.3 is 0 Å². The van der Waals surface area contributed by atoms with Gasteiger partial charge in [0.15, 0.2) is 9.84 Å². The van der Waals surface area contributed by atoms with Gasteiger partial charge in [0.05, 0.1) is 16.8 Å². The Balaban J connectivity index is 2.00. The average molecular weight is 361 g/mol. The molecular formula is C16H15N3O3S2. The molecule has 0 amide bonds. The van der Waals surface area contributed by atoms with E-state index in [4.69, 9.17) is 0 Å². The maximum absolute atomic E-state index is 11.5. The highest BCUT2D eigenvalue weighted by atomic mass is 32.2. The molecule has 0 bridgehead atoms. The Morgan fingerprint density at radius 2 is 1.75 bits per heavy atom. The molecule has 1 aromatic carbocycles. The van der Waals surface area contributed by atoms with Crippen molar-refractivity contribution < 1.29 is 12.6 Å². The first-order chi connectivity index (χ1) is 11.4. The van der Waals surface area contributed by atoms with E-state index in [1.165, 1.54) is 12.3 Å². The number of rotatable bonds is 4. The third-order valence-corrected chi connectivity index (χ3v) is 5.55. The summed E-state index contributed by atoms with van der Waals surface area (Å²) in [6, 6.07) is 10.5. The van der Waals surface area contributed by atoms with Crippen molar-refractivity contribution in [1.29, 1.82) is 0 Å². The van der Waals surface area contributed by atoms with Crippen molar-refractivity contribution >= 4 is 20.6 Å². The number of hydrogen-bond donors (Lipinski definition) is 0. The van der Waals surface area contributed by atoms with E-state index in [9.17, 15) is 12.6 Å². The van der Waals surface area contributed by atoms with Gasteiger partial charge in [0.1, 0.15) is 12.1 Å². The van der Waals surface area contributed by atoms with Crippen LogP contribution in [0.4, 0.5) is 0 Å². The molecule has 0 spiro atoms. The fourth-order valence-corrected chi connectivity index (χ4v) is 3.32. The largest absolute Gasteiger partial charge is 0.283 e. The molecule has 6 nitrogen and oxygen atoms in total. The normalized spacial score (nSPS) is 12.9. The first kappa shape index (κ1) is 16.5. The molecule has 1 atom stereocenters. The second-order valence-corrected chi connectivity index (χ2v) is 8.65. The van der Waals surface area contributed by atoms with E-state index in [2.05, 4.69) is 9.97 Å². The summed E-state index contributed by atoms with van der Waals surface area (Å²) in [6.45, 7) is 0. The maximum Gasteiger partial charge on any atom is 0.177 e. The minimum atomic E-state index is -3.28. The summed E-state index contributed by atoms with van der Waals surface area (Å²) in [7, 11) is -4.31. The van der Waals surface area contributed by atoms with E-state index in [0.29, 0.717) is 5.82 Å². The summed E-state index contributed by atoms with van der Waals surface area (Å²) >= 11 is 0. The van der Waals surface area contributed by atoms with Gasteiger partial charge in [-0.05, 0) is 24.3 Å². The molecule has 3 rings (SSSR count). The number of nitrogens with zero attached hydrogens (tertiary/aromatic N) is 3. The predicted octanol–water partition coefficient (Wildman–Crippen LogP) is 2.08. The molecule has 1 unspecified atom stereocenters. The zero-order valence-corrected chi connectivity index (χ0v) is 14.7. The summed E-state index contributed by atoms with van der Waals surface area (Å²) < 4.78 is 36.3. The van der Waals surface area contributed by atoms with Crippen LogP contribution in [0.5, 0.6) is 0 Å². The number of hydrogen-bond acceptors (Lipinski definition) is 5. The molecule has 8 heteroatoms. The molecule has 2 aromatic heterocycles. The third kappa shape index (κ3) is 3.29. The topological polar surface area (TPSA) is 81.9 Å². The molecule has 24 heavy (non-hydrogen) atoms. The first-order valence-electron chi connectivity index (χ1n) is 6.99. The number of pyridine rings is 1. The van der Waals surface area contributed by atoms with Crippen LogP contribution < -0.4 is 0 Å². The Morgan fingerprint density at radius 1 is 1.04 bits per heavy atom. The van der Waals surface area contributed by atoms with Crippen LogP contribution in [-0.4, -0.2) is 39.7 Å². The Kier molecular flexibility index (Phi) is 4.33. The Morgan fingerprint density at radius 3 is 2.29 bits per heavy atom. The van der Waals surface area contributed by atoms with E-state index < -0.39 is 20.6 Å². The molecule has 2 heterocycles. The summed E-state index contributed by atoms with van der Waals surface area (Å²) in [4.78, 5) is 9.28. The van der Waals surface area contributed by atoms with Gasteiger partial charge < -0.3 is 0 Å². The molecule has 0 N–H and O–H groups in total. The van der Waals surface area contributed by atoms with Gasteiger partial charge in [-0.1, -0.05) is 12.1 Å². The minimum Gasteiger partial charge on any atom is -0.283 e. The number of sulfone groups is 1. The highest BCUT2D eigenvalue weighted by Gasteiger charge is 2.11. The van der Waals surface area contributed by atoms with Crippen LogP contribution in [0, 0.1) is 0 Å². The van der Waals surface area contributed by atoms with Crippen LogP contribution in [0.25, 0.3) is 17.1 Å². The Labute approximate surface area is 142 Å². The summed E-state index contributed by atoms with van der Waals surface area (Å²) in [5.41, 5.74) is 1.71. The lowest BCUT2D eigenvalue weighted by molar-refractivity contribution is 0.601. The van der Waals surface area contributed by atoms with Gasteiger partial charge in [0.2, 0.25) is 0 Å². The molecule has 0 aliphatic heterocycles. The standard InChI is InChI=1S/C16H15N3O3S2/c1-23(20)13-5-3-12(4-6-13)15-10-17-11-19(15)16-8-7-14(9-18-16)24(2,21)22/h3-11H,1-2H3. The zero-order chi connectivity index (χ0) is 17.3. The van der Waals surface area contributed by atoms with Crippen LogP contribution in [0.2, 0.25) is 0 Å². The van der Waals surface area contributed by atoms with Crippen LogP contribution in [-0.2, 0) is 20.6 Å². The van der Waals surface area contributed by atoms with Gasteiger partial charge in [-0.2, -0.15) is 0 Å². The van der Waals surface area contributed by atoms with Gasteiger partial charge in [-0.25, -0.2) is 18.4 Å². The SMILES string of the molecule is CS(=O)c1ccc(-c2cncn2-c2ccc(S(C)(=O)=O)cn2)cc1. The van der Waals surface area contributed by atoms with Crippen molar-refractivity contribution in [2.75, 3.05) is 12.5 Å². The summed E-state index contributed by atoms with van der Waals surface area (Å²) in [6.07, 6.45) is 7.42. The lowest BCUT2D eigenvalue weighted by Crippen LogP contribution is -2.02. The highest BCUT2D eigenvalue weighted by molar-refractivity contribution is 7.90. The van der Waals surface area contributed by atoms with Crippen LogP contribution in [0.3, 0.4) is 0 Å². The molecule has 124 valence electrons. The third-order valence-electron chi connectivity index (χ3n) is 3.52. The molecule has 0 saturated heterocycles. The second-order valence-electron chi connectivity index (χ2n) is 5.25. The van der Waals surface area contributed by atoms with Crippen LogP contribution in [0.15, 0.2) is 64.9 Å². The van der Waals surface area contributed by atoms with Gasteiger partial charge in [0.25, 0.3) is 0 Å². The Hall–Kier alpha value is -2.32. The van der Waals surface area contributed by atoms with Crippen molar-refractivity contribution in [3.63, 3.8) is 0 Å². The average Bonchev–Trinajstić information content (AvgIpc) is 3.04. The van der Waals surface area contributed by atoms with Gasteiger partial charge in [-0.15, -0.1) is 0 Å².